The molecule has 1 N–H and O–H groups in total. The van der Waals surface area contributed by atoms with E-state index in [2.05, 4.69) is 0 Å². The Morgan fingerprint density at radius 3 is 1.80 bits per heavy atom. The number of aliphatic hydroxyl groups is 1. The molecule has 0 aromatic heterocycles. The Bertz CT molecular complexity index is 244. The summed E-state index contributed by atoms with van der Waals surface area (Å²) >= 11 is 10.5. The van der Waals surface area contributed by atoms with Crippen molar-refractivity contribution in [2.24, 2.45) is 0 Å². The summed E-state index contributed by atoms with van der Waals surface area (Å²) in [5, 5.41) is 18.1. The first-order valence-electron chi connectivity index (χ1n) is 4.01. The Hall–Kier alpha value is 0.200. The molecule has 0 aliphatic carbocycles. The number of nitrogens with zero attached hydrogens (tertiary/aromatic N) is 1. The smallest absolute Gasteiger partial charge is 0.286 e. The quantitative estimate of drug-likeness (QED) is 0.601. The van der Waals surface area contributed by atoms with Gasteiger partial charge in [-0.1, -0.05) is 0 Å². The summed E-state index contributed by atoms with van der Waals surface area (Å²) in [4.78, 5) is 8.89. The van der Waals surface area contributed by atoms with Crippen LogP contribution in [0.4, 0.5) is 0 Å². The molecule has 0 aliphatic heterocycles. The molecule has 0 aromatic rings. The predicted molar refractivity (Wildman–Crippen MR) is 58.9 cm³/mol. The summed E-state index contributed by atoms with van der Waals surface area (Å²) in [5.74, 6) is -5.59. The highest BCUT2D eigenvalue weighted by Crippen LogP contribution is 2.60. The van der Waals surface area contributed by atoms with Crippen LogP contribution < -0.4 is 5.11 Å². The first-order valence-corrected chi connectivity index (χ1v) is 7.60. The van der Waals surface area contributed by atoms with E-state index < -0.39 is 17.7 Å². The summed E-state index contributed by atoms with van der Waals surface area (Å²) < 4.78 is 11.3. The van der Waals surface area contributed by atoms with Gasteiger partial charge in [0.05, 0.1) is 21.1 Å². The van der Waals surface area contributed by atoms with E-state index in [0.717, 1.165) is 6.92 Å². The van der Waals surface area contributed by atoms with Crippen molar-refractivity contribution >= 4 is 34.3 Å². The number of halogens is 2. The largest absolute Gasteiger partial charge is 0.550 e. The zero-order valence-corrected chi connectivity index (χ0v) is 11.5. The average Bonchev–Trinajstić information content (AvgIpc) is 1.78. The predicted octanol–water partition coefficient (Wildman–Crippen LogP) is 0.438. The summed E-state index contributed by atoms with van der Waals surface area (Å²) in [7, 11) is 5.56. The van der Waals surface area contributed by atoms with Crippen LogP contribution in [-0.4, -0.2) is 49.1 Å². The minimum absolute atomic E-state index is 0.282. The topological polar surface area (TPSA) is 77.4 Å². The maximum absolute atomic E-state index is 10.9. The van der Waals surface area contributed by atoms with Gasteiger partial charge in [-0.15, -0.1) is 0 Å². The summed E-state index contributed by atoms with van der Waals surface area (Å²) in [6.45, 7) is 1.25. The van der Waals surface area contributed by atoms with Gasteiger partial charge in [-0.2, -0.15) is 0 Å². The number of carbonyl (C=O) groups excluding carboxylic acids is 1. The van der Waals surface area contributed by atoms with Gasteiger partial charge < -0.3 is 19.5 Å². The lowest BCUT2D eigenvalue weighted by molar-refractivity contribution is -0.871. The zero-order chi connectivity index (χ0) is 12.9. The van der Waals surface area contributed by atoms with Crippen LogP contribution in [0.15, 0.2) is 0 Å². The fourth-order valence-corrected chi connectivity index (χ4v) is 1.64. The van der Waals surface area contributed by atoms with Crippen molar-refractivity contribution in [2.75, 3.05) is 27.7 Å². The molecule has 0 saturated carbocycles. The number of aliphatic hydroxyl groups excluding tert-OH is 1. The number of rotatable bonds is 3. The van der Waals surface area contributed by atoms with Gasteiger partial charge in [-0.3, -0.25) is 4.57 Å². The van der Waals surface area contributed by atoms with Crippen LogP contribution in [0.5, 0.6) is 0 Å². The summed E-state index contributed by atoms with van der Waals surface area (Å²) in [6, 6.07) is 0. The molecule has 0 radical (unpaired) electrons. The number of quaternary nitrogens is 1. The fourth-order valence-electron chi connectivity index (χ4n) is 0.585. The van der Waals surface area contributed by atoms with Crippen LogP contribution in [0.2, 0.25) is 0 Å². The molecular formula is C7H16Cl2NO4P. The normalized spacial score (nSPS) is 13.8. The number of carbonyl (C=O) groups is 1. The van der Waals surface area contributed by atoms with Gasteiger partial charge in [-0.05, 0) is 29.4 Å². The molecule has 0 spiro atoms. The molecule has 0 amide bonds. The van der Waals surface area contributed by atoms with Crippen molar-refractivity contribution in [2.45, 2.75) is 12.8 Å². The standard InChI is InChI=1S/C5H13Cl2NO2P.C2H4O2/c1-8(2,3)4-5(9)11(6,7)10;1-2(3)4/h5,9H,4H2,1-3H3;1H3,(H,3,4)/q+1;/p-1. The Balaban J connectivity index is 0. The van der Waals surface area contributed by atoms with Gasteiger partial charge in [0.25, 0.3) is 5.85 Å². The van der Waals surface area contributed by atoms with Crippen molar-refractivity contribution in [1.82, 2.24) is 0 Å². The third-order valence-corrected chi connectivity index (χ3v) is 3.27. The SMILES string of the molecule is CC(=O)[O-].C[N+](C)(C)CC(O)P(=O)(Cl)Cl. The molecule has 1 unspecified atom stereocenters. The molecule has 0 rings (SSSR count). The van der Waals surface area contributed by atoms with E-state index in [9.17, 15) is 9.67 Å². The Morgan fingerprint density at radius 2 is 1.73 bits per heavy atom. The molecule has 0 aromatic carbocycles. The van der Waals surface area contributed by atoms with E-state index in [1.165, 1.54) is 0 Å². The van der Waals surface area contributed by atoms with Crippen molar-refractivity contribution in [3.63, 3.8) is 0 Å². The number of hydrogen-bond acceptors (Lipinski definition) is 4. The van der Waals surface area contributed by atoms with Crippen molar-refractivity contribution in [3.8, 4) is 0 Å². The van der Waals surface area contributed by atoms with Crippen molar-refractivity contribution < 1.29 is 24.1 Å². The minimum Gasteiger partial charge on any atom is -0.550 e. The molecule has 8 heteroatoms. The third kappa shape index (κ3) is 16.8. The highest BCUT2D eigenvalue weighted by atomic mass is 35.9. The Morgan fingerprint density at radius 1 is 1.47 bits per heavy atom. The second kappa shape index (κ2) is 6.71. The first-order chi connectivity index (χ1) is 6.36. The Labute approximate surface area is 99.1 Å². The van der Waals surface area contributed by atoms with Gasteiger partial charge in [0.15, 0.2) is 5.85 Å². The number of carboxylic acids is 1. The third-order valence-electron chi connectivity index (χ3n) is 1.06. The molecule has 0 saturated heterocycles. The average molecular weight is 280 g/mol. The molecule has 0 bridgehead atoms. The van der Waals surface area contributed by atoms with Gasteiger partial charge >= 0.3 is 0 Å². The van der Waals surface area contributed by atoms with Gasteiger partial charge in [-0.25, -0.2) is 0 Å². The maximum atomic E-state index is 10.9. The zero-order valence-electron chi connectivity index (χ0n) is 9.11. The molecule has 0 aliphatic rings. The lowest BCUT2D eigenvalue weighted by Gasteiger charge is -2.26. The van der Waals surface area contributed by atoms with Crippen LogP contribution in [0.1, 0.15) is 6.92 Å². The lowest BCUT2D eigenvalue weighted by Crippen LogP contribution is -2.40. The van der Waals surface area contributed by atoms with Crippen LogP contribution in [0, 0.1) is 0 Å². The summed E-state index contributed by atoms with van der Waals surface area (Å²) in [5.41, 5.74) is 0. The van der Waals surface area contributed by atoms with E-state index in [4.69, 9.17) is 32.4 Å². The van der Waals surface area contributed by atoms with E-state index in [1.807, 2.05) is 21.1 Å². The maximum Gasteiger partial charge on any atom is 0.286 e. The second-order valence-corrected chi connectivity index (χ2v) is 9.08. The monoisotopic (exact) mass is 279 g/mol. The van der Waals surface area contributed by atoms with Crippen molar-refractivity contribution in [3.05, 3.63) is 0 Å². The molecule has 92 valence electrons. The molecule has 15 heavy (non-hydrogen) atoms. The summed E-state index contributed by atoms with van der Waals surface area (Å²) in [6.07, 6.45) is 0. The number of likely N-dealkylation sites (N-methyl/N-ethyl adjacent to an activating group) is 1. The van der Waals surface area contributed by atoms with Crippen LogP contribution in [0.25, 0.3) is 0 Å². The second-order valence-electron chi connectivity index (χ2n) is 3.95. The lowest BCUT2D eigenvalue weighted by atomic mass is 10.5. The van der Waals surface area contributed by atoms with Crippen molar-refractivity contribution in [1.29, 1.82) is 0 Å². The molecule has 0 heterocycles. The van der Waals surface area contributed by atoms with E-state index >= 15 is 0 Å². The number of hydrogen-bond donors (Lipinski definition) is 1. The fraction of sp³-hybridized carbons (Fsp3) is 0.857. The highest BCUT2D eigenvalue weighted by molar-refractivity contribution is 8.08. The molecular weight excluding hydrogens is 264 g/mol. The highest BCUT2D eigenvalue weighted by Gasteiger charge is 2.31. The van der Waals surface area contributed by atoms with Crippen LogP contribution in [0.3, 0.4) is 0 Å². The van der Waals surface area contributed by atoms with E-state index in [0.29, 0.717) is 4.48 Å². The minimum atomic E-state index is -3.37. The molecule has 0 fully saturated rings. The van der Waals surface area contributed by atoms with Crippen LogP contribution >= 0.6 is 28.3 Å². The first kappa shape index (κ1) is 17.6. The van der Waals surface area contributed by atoms with Crippen LogP contribution in [-0.2, 0) is 9.36 Å². The number of carboxylic acid groups (broad SMARTS) is 1. The van der Waals surface area contributed by atoms with E-state index in [-0.39, 0.29) is 6.54 Å². The Kier molecular flexibility index (Phi) is 7.87. The van der Waals surface area contributed by atoms with E-state index in [1.54, 1.807) is 0 Å². The molecule has 1 atom stereocenters. The van der Waals surface area contributed by atoms with Gasteiger partial charge in [0.2, 0.25) is 0 Å². The molecule has 5 nitrogen and oxygen atoms in total. The van der Waals surface area contributed by atoms with Gasteiger partial charge in [0, 0.05) is 5.97 Å². The van der Waals surface area contributed by atoms with Gasteiger partial charge in [0.1, 0.15) is 6.54 Å². The number of aliphatic carboxylic acids is 1.